The molecular formula is C13H18BrNO. The Balaban J connectivity index is 2.18. The van der Waals surface area contributed by atoms with Gasteiger partial charge in [-0.2, -0.15) is 0 Å². The van der Waals surface area contributed by atoms with Crippen LogP contribution in [0.15, 0.2) is 28.7 Å². The predicted molar refractivity (Wildman–Crippen MR) is 69.1 cm³/mol. The maximum atomic E-state index is 9.93. The Kier molecular flexibility index (Phi) is 3.12. The topological polar surface area (TPSA) is 46.2 Å². The molecule has 0 atom stereocenters. The van der Waals surface area contributed by atoms with Crippen LogP contribution >= 0.6 is 15.9 Å². The molecule has 0 amide bonds. The highest BCUT2D eigenvalue weighted by molar-refractivity contribution is 9.10. The molecule has 0 radical (unpaired) electrons. The summed E-state index contributed by atoms with van der Waals surface area (Å²) >= 11 is 3.42. The van der Waals surface area contributed by atoms with E-state index in [1.54, 1.807) is 0 Å². The maximum absolute atomic E-state index is 9.93. The summed E-state index contributed by atoms with van der Waals surface area (Å²) in [5.41, 5.74) is 6.81. The molecule has 1 aromatic carbocycles. The van der Waals surface area contributed by atoms with Crippen LogP contribution < -0.4 is 5.73 Å². The van der Waals surface area contributed by atoms with Crippen molar-refractivity contribution in [2.24, 2.45) is 5.73 Å². The highest BCUT2D eigenvalue weighted by atomic mass is 79.9. The Bertz CT molecular complexity index is 362. The van der Waals surface area contributed by atoms with Gasteiger partial charge in [0, 0.05) is 10.0 Å². The van der Waals surface area contributed by atoms with E-state index in [0.29, 0.717) is 0 Å². The molecule has 0 aliphatic heterocycles. The van der Waals surface area contributed by atoms with Crippen molar-refractivity contribution in [1.82, 2.24) is 0 Å². The van der Waals surface area contributed by atoms with E-state index in [2.05, 4.69) is 28.1 Å². The van der Waals surface area contributed by atoms with Gasteiger partial charge in [0.2, 0.25) is 0 Å². The number of hydrogen-bond donors (Lipinski definition) is 2. The number of rotatable bonds is 1. The lowest BCUT2D eigenvalue weighted by molar-refractivity contribution is 0.000906. The van der Waals surface area contributed by atoms with Gasteiger partial charge in [-0.05, 0) is 50.3 Å². The quantitative estimate of drug-likeness (QED) is 0.833. The summed E-state index contributed by atoms with van der Waals surface area (Å²) < 4.78 is 1.07. The summed E-state index contributed by atoms with van der Waals surface area (Å²) in [7, 11) is 0. The second kappa shape index (κ2) is 4.13. The van der Waals surface area contributed by atoms with Crippen LogP contribution in [0.2, 0.25) is 0 Å². The molecule has 1 aliphatic rings. The Morgan fingerprint density at radius 3 is 2.12 bits per heavy atom. The van der Waals surface area contributed by atoms with Gasteiger partial charge in [-0.3, -0.25) is 0 Å². The molecule has 0 heterocycles. The van der Waals surface area contributed by atoms with Crippen molar-refractivity contribution in [3.05, 3.63) is 34.3 Å². The molecule has 2 nitrogen and oxygen atoms in total. The third-order valence-electron chi connectivity index (χ3n) is 3.64. The molecule has 0 spiro atoms. The van der Waals surface area contributed by atoms with E-state index >= 15 is 0 Å². The zero-order valence-corrected chi connectivity index (χ0v) is 11.1. The third-order valence-corrected chi connectivity index (χ3v) is 4.17. The summed E-state index contributed by atoms with van der Waals surface area (Å²) in [6.07, 6.45) is 3.25. The summed E-state index contributed by atoms with van der Waals surface area (Å²) in [6, 6.07) is 8.20. The van der Waals surface area contributed by atoms with E-state index in [1.807, 2.05) is 19.1 Å². The number of aliphatic hydroxyl groups is 1. The van der Waals surface area contributed by atoms with Gasteiger partial charge in [0.1, 0.15) is 0 Å². The molecular weight excluding hydrogens is 266 g/mol. The maximum Gasteiger partial charge on any atom is 0.0621 e. The Morgan fingerprint density at radius 2 is 1.62 bits per heavy atom. The van der Waals surface area contributed by atoms with Crippen LogP contribution in [0.3, 0.4) is 0 Å². The first-order valence-corrected chi connectivity index (χ1v) is 6.48. The number of halogens is 1. The summed E-state index contributed by atoms with van der Waals surface area (Å²) in [6.45, 7) is 1.90. The Labute approximate surface area is 105 Å². The van der Waals surface area contributed by atoms with Gasteiger partial charge in [-0.15, -0.1) is 0 Å². The molecule has 0 aromatic heterocycles. The first-order valence-electron chi connectivity index (χ1n) is 5.69. The van der Waals surface area contributed by atoms with Crippen molar-refractivity contribution in [3.63, 3.8) is 0 Å². The summed E-state index contributed by atoms with van der Waals surface area (Å²) in [4.78, 5) is 0. The number of benzene rings is 1. The van der Waals surface area contributed by atoms with Crippen LogP contribution in [0.4, 0.5) is 0 Å². The summed E-state index contributed by atoms with van der Waals surface area (Å²) in [5.74, 6) is 0. The van der Waals surface area contributed by atoms with Gasteiger partial charge < -0.3 is 10.8 Å². The molecule has 1 fully saturated rings. The van der Waals surface area contributed by atoms with Crippen LogP contribution in [-0.4, -0.2) is 10.7 Å². The lowest BCUT2D eigenvalue weighted by Crippen LogP contribution is -2.45. The van der Waals surface area contributed by atoms with Gasteiger partial charge in [-0.1, -0.05) is 28.1 Å². The van der Waals surface area contributed by atoms with Crippen molar-refractivity contribution in [2.45, 2.75) is 43.7 Å². The molecule has 1 aromatic rings. The minimum atomic E-state index is -0.530. The van der Waals surface area contributed by atoms with Crippen LogP contribution in [0.1, 0.15) is 38.2 Å². The summed E-state index contributed by atoms with van der Waals surface area (Å²) in [5, 5.41) is 9.93. The molecule has 0 bridgehead atoms. The normalized spacial score (nSPS) is 35.0. The first-order chi connectivity index (χ1) is 7.41. The van der Waals surface area contributed by atoms with Crippen LogP contribution in [0.25, 0.3) is 0 Å². The second-order valence-corrected chi connectivity index (χ2v) is 6.08. The average Bonchev–Trinajstić information content (AvgIpc) is 2.24. The minimum absolute atomic E-state index is 0.261. The fraction of sp³-hybridized carbons (Fsp3) is 0.538. The van der Waals surface area contributed by atoms with Gasteiger partial charge >= 0.3 is 0 Å². The molecule has 3 heteroatoms. The average molecular weight is 284 g/mol. The van der Waals surface area contributed by atoms with E-state index in [9.17, 15) is 5.11 Å². The van der Waals surface area contributed by atoms with Crippen LogP contribution in [0.5, 0.6) is 0 Å². The lowest BCUT2D eigenvalue weighted by atomic mass is 9.72. The third kappa shape index (κ3) is 2.47. The molecule has 3 N–H and O–H groups in total. The zero-order valence-electron chi connectivity index (χ0n) is 9.54. The number of nitrogens with two attached hydrogens (primary N) is 1. The van der Waals surface area contributed by atoms with Crippen molar-refractivity contribution in [3.8, 4) is 0 Å². The number of hydrogen-bond acceptors (Lipinski definition) is 2. The van der Waals surface area contributed by atoms with E-state index in [4.69, 9.17) is 5.73 Å². The second-order valence-electron chi connectivity index (χ2n) is 5.16. The molecule has 0 unspecified atom stereocenters. The van der Waals surface area contributed by atoms with Gasteiger partial charge in [0.05, 0.1) is 5.60 Å². The van der Waals surface area contributed by atoms with Crippen LogP contribution in [-0.2, 0) is 5.54 Å². The fourth-order valence-electron chi connectivity index (χ4n) is 2.31. The molecule has 1 saturated carbocycles. The SMILES string of the molecule is CC1(O)CCC(N)(c2ccc(Br)cc2)CC1. The molecule has 0 saturated heterocycles. The van der Waals surface area contributed by atoms with Crippen molar-refractivity contribution < 1.29 is 5.11 Å². The minimum Gasteiger partial charge on any atom is -0.390 e. The standard InChI is InChI=1S/C13H18BrNO/c1-12(16)6-8-13(15,9-7-12)10-2-4-11(14)5-3-10/h2-5,16H,6-9,15H2,1H3. The van der Waals surface area contributed by atoms with E-state index in [0.717, 1.165) is 30.2 Å². The van der Waals surface area contributed by atoms with E-state index in [-0.39, 0.29) is 5.54 Å². The zero-order chi connectivity index (χ0) is 11.8. The molecule has 1 aliphatic carbocycles. The van der Waals surface area contributed by atoms with Gasteiger partial charge in [0.25, 0.3) is 0 Å². The first kappa shape index (κ1) is 12.1. The van der Waals surface area contributed by atoms with Crippen molar-refractivity contribution in [1.29, 1.82) is 0 Å². The largest absolute Gasteiger partial charge is 0.390 e. The lowest BCUT2D eigenvalue weighted by Gasteiger charge is -2.40. The van der Waals surface area contributed by atoms with E-state index in [1.165, 1.54) is 5.56 Å². The highest BCUT2D eigenvalue weighted by Crippen LogP contribution is 2.39. The van der Waals surface area contributed by atoms with Gasteiger partial charge in [-0.25, -0.2) is 0 Å². The predicted octanol–water partition coefficient (Wildman–Crippen LogP) is 2.93. The molecule has 16 heavy (non-hydrogen) atoms. The molecule has 88 valence electrons. The van der Waals surface area contributed by atoms with E-state index < -0.39 is 5.60 Å². The highest BCUT2D eigenvalue weighted by Gasteiger charge is 2.37. The molecule has 2 rings (SSSR count). The van der Waals surface area contributed by atoms with Gasteiger partial charge in [0.15, 0.2) is 0 Å². The Morgan fingerprint density at radius 1 is 1.12 bits per heavy atom. The Hall–Kier alpha value is -0.380. The van der Waals surface area contributed by atoms with Crippen molar-refractivity contribution in [2.75, 3.05) is 0 Å². The monoisotopic (exact) mass is 283 g/mol. The van der Waals surface area contributed by atoms with Crippen molar-refractivity contribution >= 4 is 15.9 Å². The smallest absolute Gasteiger partial charge is 0.0621 e. The fourth-order valence-corrected chi connectivity index (χ4v) is 2.57. The van der Waals surface area contributed by atoms with Crippen LogP contribution in [0, 0.1) is 0 Å².